The maximum Gasteiger partial charge on any atom is 0.0608 e. The van der Waals surface area contributed by atoms with Gasteiger partial charge in [-0.15, -0.1) is 0 Å². The highest BCUT2D eigenvalue weighted by molar-refractivity contribution is 5.34. The summed E-state index contributed by atoms with van der Waals surface area (Å²) in [6, 6.07) is 0. The van der Waals surface area contributed by atoms with Gasteiger partial charge in [0.25, 0.3) is 0 Å². The van der Waals surface area contributed by atoms with Crippen LogP contribution in [0.5, 0.6) is 0 Å². The first-order chi connectivity index (χ1) is 14.6. The number of hydrogen-bond donors (Lipinski definition) is 2. The van der Waals surface area contributed by atoms with Crippen molar-refractivity contribution in [2.45, 2.75) is 125 Å². The third kappa shape index (κ3) is 2.72. The maximum atomic E-state index is 11.7. The van der Waals surface area contributed by atoms with E-state index < -0.39 is 0 Å². The van der Waals surface area contributed by atoms with Crippen molar-refractivity contribution >= 4 is 0 Å². The number of aliphatic hydroxyl groups excluding tert-OH is 2. The Hall–Kier alpha value is -0.340. The van der Waals surface area contributed by atoms with E-state index >= 15 is 0 Å². The van der Waals surface area contributed by atoms with Crippen LogP contribution in [0.2, 0.25) is 0 Å². The minimum Gasteiger partial charge on any atom is -0.393 e. The first-order valence-electron chi connectivity index (χ1n) is 13.7. The van der Waals surface area contributed by atoms with Crippen LogP contribution in [0.15, 0.2) is 11.6 Å². The van der Waals surface area contributed by atoms with Crippen molar-refractivity contribution < 1.29 is 10.2 Å². The molecule has 0 bridgehead atoms. The van der Waals surface area contributed by atoms with E-state index in [9.17, 15) is 10.2 Å². The fourth-order valence-electron chi connectivity index (χ4n) is 10.6. The molecular weight excluding hydrogens is 392 g/mol. The molecule has 0 aromatic carbocycles. The zero-order chi connectivity index (χ0) is 23.5. The van der Waals surface area contributed by atoms with Crippen molar-refractivity contribution in [1.82, 2.24) is 0 Å². The summed E-state index contributed by atoms with van der Waals surface area (Å²) in [4.78, 5) is 0. The van der Waals surface area contributed by atoms with E-state index in [0.717, 1.165) is 25.7 Å². The van der Waals surface area contributed by atoms with Crippen molar-refractivity contribution in [3.05, 3.63) is 11.6 Å². The Labute approximate surface area is 197 Å². The summed E-state index contributed by atoms with van der Waals surface area (Å²) in [7, 11) is 0. The average Bonchev–Trinajstić information content (AvgIpc) is 2.68. The Balaban J connectivity index is 1.60. The van der Waals surface area contributed by atoms with E-state index in [1.54, 1.807) is 5.57 Å². The van der Waals surface area contributed by atoms with Gasteiger partial charge in [0.05, 0.1) is 12.2 Å². The first-order valence-corrected chi connectivity index (χ1v) is 13.7. The average molecular weight is 443 g/mol. The van der Waals surface area contributed by atoms with Gasteiger partial charge in [-0.05, 0) is 103 Å². The van der Waals surface area contributed by atoms with Gasteiger partial charge in [-0.25, -0.2) is 0 Å². The lowest BCUT2D eigenvalue weighted by atomic mass is 9.33. The molecule has 0 unspecified atom stereocenters. The summed E-state index contributed by atoms with van der Waals surface area (Å²) in [6.45, 7) is 19.7. The summed E-state index contributed by atoms with van der Waals surface area (Å²) in [5.41, 5.74) is 2.71. The fraction of sp³-hybridized carbons (Fsp3) is 0.933. The predicted octanol–water partition coefficient (Wildman–Crippen LogP) is 7.14. The molecule has 2 nitrogen and oxygen atoms in total. The SMILES string of the molecule is CC1(C)CC[C@]2(C)[C@H](O)C[C@]3(C)C(=CC[C@H]4[C@@]5(C)CC[C@H](O)C(C)(C)[C@H]5CC[C@]43C)[C@@H]2C1. The summed E-state index contributed by atoms with van der Waals surface area (Å²) < 4.78 is 0. The number of aliphatic hydroxyl groups is 2. The second-order valence-electron chi connectivity index (χ2n) is 15.3. The van der Waals surface area contributed by atoms with Gasteiger partial charge in [-0.2, -0.15) is 0 Å². The van der Waals surface area contributed by atoms with Crippen molar-refractivity contribution in [2.24, 2.45) is 50.2 Å². The molecule has 182 valence electrons. The third-order valence-electron chi connectivity index (χ3n) is 13.1. The Kier molecular flexibility index (Phi) is 4.87. The lowest BCUT2D eigenvalue weighted by molar-refractivity contribution is -0.213. The van der Waals surface area contributed by atoms with Crippen LogP contribution in [0.25, 0.3) is 0 Å². The molecule has 9 atom stereocenters. The quantitative estimate of drug-likeness (QED) is 0.391. The van der Waals surface area contributed by atoms with Crippen LogP contribution in [-0.4, -0.2) is 22.4 Å². The second-order valence-corrected chi connectivity index (χ2v) is 15.3. The molecule has 5 aliphatic rings. The van der Waals surface area contributed by atoms with Gasteiger partial charge in [-0.1, -0.05) is 67.0 Å². The van der Waals surface area contributed by atoms with E-state index in [1.807, 2.05) is 0 Å². The normalized spacial score (nSPS) is 56.2. The van der Waals surface area contributed by atoms with Gasteiger partial charge in [0.2, 0.25) is 0 Å². The van der Waals surface area contributed by atoms with Crippen molar-refractivity contribution in [1.29, 1.82) is 0 Å². The lowest BCUT2D eigenvalue weighted by Gasteiger charge is -2.72. The highest BCUT2D eigenvalue weighted by atomic mass is 16.3. The minimum atomic E-state index is -0.198. The maximum absolute atomic E-state index is 11.7. The molecule has 32 heavy (non-hydrogen) atoms. The monoisotopic (exact) mass is 442 g/mol. The van der Waals surface area contributed by atoms with E-state index in [1.165, 1.54) is 32.1 Å². The molecule has 0 aliphatic heterocycles. The van der Waals surface area contributed by atoms with Crippen LogP contribution >= 0.6 is 0 Å². The summed E-state index contributed by atoms with van der Waals surface area (Å²) >= 11 is 0. The Morgan fingerprint density at radius 3 is 2.09 bits per heavy atom. The Bertz CT molecular complexity index is 825. The topological polar surface area (TPSA) is 40.5 Å². The van der Waals surface area contributed by atoms with Crippen LogP contribution in [0.3, 0.4) is 0 Å². The van der Waals surface area contributed by atoms with E-state index in [0.29, 0.717) is 23.2 Å². The highest BCUT2D eigenvalue weighted by Crippen LogP contribution is 2.75. The molecule has 0 amide bonds. The molecule has 4 fully saturated rings. The van der Waals surface area contributed by atoms with Crippen LogP contribution in [-0.2, 0) is 0 Å². The fourth-order valence-corrected chi connectivity index (χ4v) is 10.6. The number of allylic oxidation sites excluding steroid dienone is 2. The molecular formula is C30H50O2. The first kappa shape index (κ1) is 23.4. The van der Waals surface area contributed by atoms with Crippen LogP contribution in [0, 0.1) is 50.2 Å². The van der Waals surface area contributed by atoms with Gasteiger partial charge in [-0.3, -0.25) is 0 Å². The van der Waals surface area contributed by atoms with Crippen LogP contribution in [0.1, 0.15) is 113 Å². The Morgan fingerprint density at radius 2 is 1.41 bits per heavy atom. The molecule has 0 aromatic rings. The molecule has 4 saturated carbocycles. The van der Waals surface area contributed by atoms with Crippen molar-refractivity contribution in [2.75, 3.05) is 0 Å². The number of fused-ring (bicyclic) bond motifs is 7. The van der Waals surface area contributed by atoms with Crippen molar-refractivity contribution in [3.63, 3.8) is 0 Å². The van der Waals surface area contributed by atoms with E-state index in [2.05, 4.69) is 61.5 Å². The summed E-state index contributed by atoms with van der Waals surface area (Å²) in [5.74, 6) is 1.75. The molecule has 2 N–H and O–H groups in total. The van der Waals surface area contributed by atoms with Gasteiger partial charge in [0.1, 0.15) is 0 Å². The molecule has 0 radical (unpaired) electrons. The lowest BCUT2D eigenvalue weighted by Crippen LogP contribution is -2.66. The Morgan fingerprint density at radius 1 is 0.719 bits per heavy atom. The van der Waals surface area contributed by atoms with E-state index in [-0.39, 0.29) is 39.3 Å². The largest absolute Gasteiger partial charge is 0.393 e. The number of hydrogen-bond acceptors (Lipinski definition) is 2. The van der Waals surface area contributed by atoms with Crippen molar-refractivity contribution in [3.8, 4) is 0 Å². The minimum absolute atomic E-state index is 0.00271. The molecule has 0 aromatic heterocycles. The highest BCUT2D eigenvalue weighted by Gasteiger charge is 2.69. The molecule has 0 saturated heterocycles. The summed E-state index contributed by atoms with van der Waals surface area (Å²) in [6.07, 6.45) is 12.6. The molecule has 0 heterocycles. The predicted molar refractivity (Wildman–Crippen MR) is 132 cm³/mol. The zero-order valence-electron chi connectivity index (χ0n) is 22.2. The molecule has 2 heteroatoms. The molecule has 5 aliphatic carbocycles. The van der Waals surface area contributed by atoms with E-state index in [4.69, 9.17) is 0 Å². The van der Waals surface area contributed by atoms with Crippen LogP contribution < -0.4 is 0 Å². The van der Waals surface area contributed by atoms with Gasteiger partial charge < -0.3 is 10.2 Å². The van der Waals surface area contributed by atoms with Gasteiger partial charge in [0, 0.05) is 5.41 Å². The number of rotatable bonds is 0. The van der Waals surface area contributed by atoms with Gasteiger partial charge in [0.15, 0.2) is 0 Å². The van der Waals surface area contributed by atoms with Crippen LogP contribution in [0.4, 0.5) is 0 Å². The smallest absolute Gasteiger partial charge is 0.0608 e. The molecule has 5 rings (SSSR count). The molecule has 0 spiro atoms. The third-order valence-corrected chi connectivity index (χ3v) is 13.1. The second kappa shape index (κ2) is 6.66. The zero-order valence-corrected chi connectivity index (χ0v) is 22.2. The van der Waals surface area contributed by atoms with Gasteiger partial charge >= 0.3 is 0 Å². The standard InChI is InChI=1S/C30H50O2/c1-25(2)15-16-27(5)20(17-25)19-9-10-22-28(6)13-12-23(31)26(3,4)21(28)11-14-29(22,7)30(19,8)18-24(27)32/h9,20-24,31-32H,10-18H2,1-8H3/t20-,21+,22-,23-,24+,27-,28-,29+,30+/m0/s1. The summed E-state index contributed by atoms with van der Waals surface area (Å²) in [5, 5.41) is 22.6.